The first-order valence-electron chi connectivity index (χ1n) is 8.78. The number of hydrogen-bond donors (Lipinski definition) is 1. The zero-order valence-electron chi connectivity index (χ0n) is 14.3. The molecule has 0 saturated carbocycles. The predicted molar refractivity (Wildman–Crippen MR) is 92.3 cm³/mol. The summed E-state index contributed by atoms with van der Waals surface area (Å²) in [7, 11) is -4.33. The van der Waals surface area contributed by atoms with E-state index in [4.69, 9.17) is 4.55 Å². The zero-order valence-corrected chi connectivity index (χ0v) is 15.1. The van der Waals surface area contributed by atoms with Gasteiger partial charge in [0.2, 0.25) is 0 Å². The van der Waals surface area contributed by atoms with Crippen LogP contribution in [0.4, 0.5) is 0 Å². The summed E-state index contributed by atoms with van der Waals surface area (Å²) in [5, 5.41) is 0. The number of rotatable bonds is 15. The smallest absolute Gasteiger partial charge is 0.264 e. The molecule has 0 radical (unpaired) electrons. The first-order chi connectivity index (χ1) is 10.5. The van der Waals surface area contributed by atoms with Crippen LogP contribution in [0.15, 0.2) is 12.2 Å². The van der Waals surface area contributed by atoms with Crippen molar-refractivity contribution in [2.75, 3.05) is 6.61 Å². The van der Waals surface area contributed by atoms with Crippen LogP contribution in [0.25, 0.3) is 0 Å². The van der Waals surface area contributed by atoms with Crippen LogP contribution in [0.5, 0.6) is 0 Å². The molecule has 22 heavy (non-hydrogen) atoms. The highest BCUT2D eigenvalue weighted by Crippen LogP contribution is 2.15. The molecule has 1 N–H and O–H groups in total. The van der Waals surface area contributed by atoms with Gasteiger partial charge in [0, 0.05) is 5.92 Å². The fraction of sp³-hybridized carbons (Fsp3) is 0.882. The molecule has 0 aliphatic carbocycles. The van der Waals surface area contributed by atoms with E-state index in [1.54, 1.807) is 0 Å². The molecule has 0 aliphatic rings. The van der Waals surface area contributed by atoms with Crippen molar-refractivity contribution in [3.05, 3.63) is 12.2 Å². The fourth-order valence-corrected chi connectivity index (χ4v) is 2.74. The molecule has 0 rings (SSSR count). The van der Waals surface area contributed by atoms with Crippen molar-refractivity contribution in [2.24, 2.45) is 5.92 Å². The van der Waals surface area contributed by atoms with Gasteiger partial charge in [-0.3, -0.25) is 4.55 Å². The lowest BCUT2D eigenvalue weighted by Crippen LogP contribution is -2.12. The van der Waals surface area contributed by atoms with Crippen molar-refractivity contribution in [3.8, 4) is 0 Å². The third-order valence-electron chi connectivity index (χ3n) is 3.74. The van der Waals surface area contributed by atoms with Crippen LogP contribution in [-0.2, 0) is 14.6 Å². The minimum absolute atomic E-state index is 0.0398. The Morgan fingerprint density at radius 1 is 0.955 bits per heavy atom. The van der Waals surface area contributed by atoms with Crippen LogP contribution in [0.3, 0.4) is 0 Å². The third-order valence-corrected chi connectivity index (χ3v) is 4.18. The normalized spacial score (nSPS) is 13.8. The third kappa shape index (κ3) is 16.0. The Kier molecular flexibility index (Phi) is 14.0. The summed E-state index contributed by atoms with van der Waals surface area (Å²) in [6.07, 6.45) is 16.9. The summed E-state index contributed by atoms with van der Waals surface area (Å²) in [6.45, 7) is 4.41. The van der Waals surface area contributed by atoms with E-state index < -0.39 is 10.4 Å². The molecule has 0 aromatic heterocycles. The molecular formula is C17H34O4S. The van der Waals surface area contributed by atoms with E-state index >= 15 is 0 Å². The highest BCUT2D eigenvalue weighted by Gasteiger charge is 2.11. The molecule has 0 aliphatic heterocycles. The van der Waals surface area contributed by atoms with Gasteiger partial charge < -0.3 is 0 Å². The molecule has 1 unspecified atom stereocenters. The maximum Gasteiger partial charge on any atom is 0.397 e. The SMILES string of the molecule is CCCCC/C=C/C(CCCCCCCC)COS(=O)(=O)O. The van der Waals surface area contributed by atoms with E-state index in [1.807, 2.05) is 6.08 Å². The van der Waals surface area contributed by atoms with Crippen LogP contribution < -0.4 is 0 Å². The Bertz CT molecular complexity index is 363. The van der Waals surface area contributed by atoms with Gasteiger partial charge >= 0.3 is 10.4 Å². The minimum atomic E-state index is -4.33. The molecule has 5 heteroatoms. The molecule has 132 valence electrons. The summed E-state index contributed by atoms with van der Waals surface area (Å²) in [4.78, 5) is 0. The molecule has 0 fully saturated rings. The summed E-state index contributed by atoms with van der Waals surface area (Å²) in [5.41, 5.74) is 0. The Morgan fingerprint density at radius 2 is 1.55 bits per heavy atom. The minimum Gasteiger partial charge on any atom is -0.264 e. The summed E-state index contributed by atoms with van der Waals surface area (Å²) >= 11 is 0. The van der Waals surface area contributed by atoms with Crippen LogP contribution in [0.2, 0.25) is 0 Å². The molecule has 0 amide bonds. The van der Waals surface area contributed by atoms with Crippen LogP contribution in [0, 0.1) is 5.92 Å². The van der Waals surface area contributed by atoms with E-state index in [0.29, 0.717) is 0 Å². The second kappa shape index (κ2) is 14.2. The van der Waals surface area contributed by atoms with Crippen molar-refractivity contribution in [3.63, 3.8) is 0 Å². The summed E-state index contributed by atoms with van der Waals surface area (Å²) in [6, 6.07) is 0. The number of unbranched alkanes of at least 4 members (excludes halogenated alkanes) is 8. The van der Waals surface area contributed by atoms with E-state index in [9.17, 15) is 8.42 Å². The predicted octanol–water partition coefficient (Wildman–Crippen LogP) is 5.31. The molecule has 4 nitrogen and oxygen atoms in total. The fourth-order valence-electron chi connectivity index (χ4n) is 2.40. The molecule has 0 spiro atoms. The summed E-state index contributed by atoms with van der Waals surface area (Å²) in [5.74, 6) is 0.0646. The molecule has 1 atom stereocenters. The Balaban J connectivity index is 4.04. The largest absolute Gasteiger partial charge is 0.397 e. The summed E-state index contributed by atoms with van der Waals surface area (Å²) < 4.78 is 34.7. The van der Waals surface area contributed by atoms with Gasteiger partial charge in [0.25, 0.3) is 0 Å². The zero-order chi connectivity index (χ0) is 16.7. The van der Waals surface area contributed by atoms with E-state index in [1.165, 1.54) is 44.9 Å². The average Bonchev–Trinajstić information content (AvgIpc) is 2.46. The van der Waals surface area contributed by atoms with Gasteiger partial charge in [0.1, 0.15) is 0 Å². The Hall–Kier alpha value is -0.390. The second-order valence-corrected chi connectivity index (χ2v) is 7.04. The van der Waals surface area contributed by atoms with E-state index in [-0.39, 0.29) is 12.5 Å². The molecule has 0 aromatic carbocycles. The first kappa shape index (κ1) is 21.6. The highest BCUT2D eigenvalue weighted by atomic mass is 32.3. The second-order valence-electron chi connectivity index (χ2n) is 5.95. The number of allylic oxidation sites excluding steroid dienone is 1. The van der Waals surface area contributed by atoms with Crippen molar-refractivity contribution in [1.29, 1.82) is 0 Å². The van der Waals surface area contributed by atoms with E-state index in [2.05, 4.69) is 24.1 Å². The van der Waals surface area contributed by atoms with Gasteiger partial charge in [-0.05, 0) is 19.3 Å². The Labute approximate surface area is 137 Å². The van der Waals surface area contributed by atoms with Crippen molar-refractivity contribution >= 4 is 10.4 Å². The maximum atomic E-state index is 10.7. The topological polar surface area (TPSA) is 63.6 Å². The van der Waals surface area contributed by atoms with Crippen LogP contribution in [-0.4, -0.2) is 19.6 Å². The van der Waals surface area contributed by atoms with Crippen molar-refractivity contribution in [2.45, 2.75) is 84.5 Å². The van der Waals surface area contributed by atoms with Gasteiger partial charge in [-0.2, -0.15) is 8.42 Å². The molecular weight excluding hydrogens is 300 g/mol. The van der Waals surface area contributed by atoms with E-state index in [0.717, 1.165) is 25.7 Å². The van der Waals surface area contributed by atoms with Gasteiger partial charge in [-0.1, -0.05) is 77.4 Å². The Morgan fingerprint density at radius 3 is 2.18 bits per heavy atom. The lowest BCUT2D eigenvalue weighted by molar-refractivity contribution is 0.234. The van der Waals surface area contributed by atoms with Gasteiger partial charge in [-0.25, -0.2) is 4.18 Å². The van der Waals surface area contributed by atoms with Crippen molar-refractivity contribution in [1.82, 2.24) is 0 Å². The quantitative estimate of drug-likeness (QED) is 0.250. The highest BCUT2D eigenvalue weighted by molar-refractivity contribution is 7.80. The van der Waals surface area contributed by atoms with Crippen LogP contribution >= 0.6 is 0 Å². The standard InChI is InChI=1S/C17H34O4S/c1-3-5-7-9-11-13-15-17(16-21-22(18,19)20)14-12-10-8-6-4-2/h12,14,17H,3-11,13,15-16H2,1-2H3,(H,18,19,20)/b14-12+. The molecule has 0 heterocycles. The van der Waals surface area contributed by atoms with Gasteiger partial charge in [-0.15, -0.1) is 0 Å². The van der Waals surface area contributed by atoms with Gasteiger partial charge in [0.15, 0.2) is 0 Å². The first-order valence-corrected chi connectivity index (χ1v) is 10.1. The lowest BCUT2D eigenvalue weighted by atomic mass is 10.00. The maximum absolute atomic E-state index is 10.7. The number of hydrogen-bond acceptors (Lipinski definition) is 3. The lowest BCUT2D eigenvalue weighted by Gasteiger charge is -2.12. The molecule has 0 aromatic rings. The molecule has 0 saturated heterocycles. The van der Waals surface area contributed by atoms with Crippen molar-refractivity contribution < 1.29 is 17.2 Å². The average molecular weight is 335 g/mol. The van der Waals surface area contributed by atoms with Gasteiger partial charge in [0.05, 0.1) is 6.61 Å². The monoisotopic (exact) mass is 334 g/mol. The molecule has 0 bridgehead atoms. The van der Waals surface area contributed by atoms with Crippen LogP contribution in [0.1, 0.15) is 84.5 Å².